The third-order valence-electron chi connectivity index (χ3n) is 3.68. The molecular formula is C19H21ClN2O2. The fraction of sp³-hybridized carbons (Fsp3) is 0.263. The number of hydrogen-bond donors (Lipinski definition) is 1. The highest BCUT2D eigenvalue weighted by atomic mass is 35.5. The van der Waals surface area contributed by atoms with Gasteiger partial charge < -0.3 is 10.2 Å². The molecule has 1 N–H and O–H groups in total. The SMILES string of the molecule is CC(=O)N(CC(=O)Nc1ccc(Cl)cc1)c1ccc(C(C)C)cc1. The van der Waals surface area contributed by atoms with E-state index in [0.29, 0.717) is 22.3 Å². The van der Waals surface area contributed by atoms with Crippen molar-refractivity contribution in [3.63, 3.8) is 0 Å². The minimum Gasteiger partial charge on any atom is -0.325 e. The summed E-state index contributed by atoms with van der Waals surface area (Å²) in [6.07, 6.45) is 0. The smallest absolute Gasteiger partial charge is 0.244 e. The van der Waals surface area contributed by atoms with Crippen LogP contribution in [0.5, 0.6) is 0 Å². The van der Waals surface area contributed by atoms with Gasteiger partial charge in [0.05, 0.1) is 0 Å². The summed E-state index contributed by atoms with van der Waals surface area (Å²) >= 11 is 5.82. The lowest BCUT2D eigenvalue weighted by Crippen LogP contribution is -2.36. The van der Waals surface area contributed by atoms with Crippen molar-refractivity contribution in [2.45, 2.75) is 26.7 Å². The summed E-state index contributed by atoms with van der Waals surface area (Å²) in [4.78, 5) is 25.6. The van der Waals surface area contributed by atoms with Crippen molar-refractivity contribution < 1.29 is 9.59 Å². The van der Waals surface area contributed by atoms with Crippen LogP contribution in [-0.2, 0) is 9.59 Å². The van der Waals surface area contributed by atoms with Crippen LogP contribution in [0.4, 0.5) is 11.4 Å². The van der Waals surface area contributed by atoms with Crippen LogP contribution >= 0.6 is 11.6 Å². The highest BCUT2D eigenvalue weighted by molar-refractivity contribution is 6.30. The summed E-state index contributed by atoms with van der Waals surface area (Å²) < 4.78 is 0. The molecule has 5 heteroatoms. The Morgan fingerprint density at radius 3 is 2.12 bits per heavy atom. The van der Waals surface area contributed by atoms with E-state index >= 15 is 0 Å². The quantitative estimate of drug-likeness (QED) is 0.870. The number of nitrogens with zero attached hydrogens (tertiary/aromatic N) is 1. The monoisotopic (exact) mass is 344 g/mol. The predicted octanol–water partition coefficient (Wildman–Crippen LogP) is 4.46. The molecule has 126 valence electrons. The van der Waals surface area contributed by atoms with Crippen molar-refractivity contribution in [2.24, 2.45) is 0 Å². The van der Waals surface area contributed by atoms with Crippen molar-refractivity contribution >= 4 is 34.8 Å². The van der Waals surface area contributed by atoms with Crippen molar-refractivity contribution in [3.8, 4) is 0 Å². The van der Waals surface area contributed by atoms with Crippen LogP contribution in [0.25, 0.3) is 0 Å². The van der Waals surface area contributed by atoms with Gasteiger partial charge in [-0.25, -0.2) is 0 Å². The first-order valence-electron chi connectivity index (χ1n) is 7.80. The van der Waals surface area contributed by atoms with Crippen LogP contribution in [0.2, 0.25) is 5.02 Å². The van der Waals surface area contributed by atoms with Gasteiger partial charge in [-0.1, -0.05) is 37.6 Å². The second kappa shape index (κ2) is 7.97. The van der Waals surface area contributed by atoms with Gasteiger partial charge in [-0.2, -0.15) is 0 Å². The minimum atomic E-state index is -0.263. The lowest BCUT2D eigenvalue weighted by molar-refractivity contribution is -0.120. The van der Waals surface area contributed by atoms with Crippen LogP contribution in [0, 0.1) is 0 Å². The van der Waals surface area contributed by atoms with Gasteiger partial charge in [0.2, 0.25) is 11.8 Å². The van der Waals surface area contributed by atoms with Gasteiger partial charge in [0.1, 0.15) is 6.54 Å². The van der Waals surface area contributed by atoms with Crippen molar-refractivity contribution in [3.05, 3.63) is 59.1 Å². The molecule has 0 aliphatic carbocycles. The summed E-state index contributed by atoms with van der Waals surface area (Å²) in [5.41, 5.74) is 2.54. The molecule has 0 aliphatic heterocycles. The number of nitrogens with one attached hydrogen (secondary N) is 1. The van der Waals surface area contributed by atoms with E-state index in [1.54, 1.807) is 24.3 Å². The topological polar surface area (TPSA) is 49.4 Å². The second-order valence-corrected chi connectivity index (χ2v) is 6.34. The van der Waals surface area contributed by atoms with E-state index in [-0.39, 0.29) is 18.4 Å². The zero-order chi connectivity index (χ0) is 17.7. The van der Waals surface area contributed by atoms with Crippen LogP contribution in [-0.4, -0.2) is 18.4 Å². The lowest BCUT2D eigenvalue weighted by Gasteiger charge is -2.21. The molecule has 0 saturated carbocycles. The number of rotatable bonds is 5. The third kappa shape index (κ3) is 4.83. The van der Waals surface area contributed by atoms with E-state index in [9.17, 15) is 9.59 Å². The summed E-state index contributed by atoms with van der Waals surface area (Å²) in [6.45, 7) is 5.62. The van der Waals surface area contributed by atoms with Crippen molar-refractivity contribution in [1.82, 2.24) is 0 Å². The molecule has 0 unspecified atom stereocenters. The van der Waals surface area contributed by atoms with Gasteiger partial charge in [0, 0.05) is 23.3 Å². The van der Waals surface area contributed by atoms with Crippen LogP contribution in [0.3, 0.4) is 0 Å². The summed E-state index contributed by atoms with van der Waals surface area (Å²) in [6, 6.07) is 14.5. The van der Waals surface area contributed by atoms with E-state index in [0.717, 1.165) is 0 Å². The van der Waals surface area contributed by atoms with Gasteiger partial charge in [-0.05, 0) is 47.9 Å². The minimum absolute atomic E-state index is 0.0427. The van der Waals surface area contributed by atoms with Gasteiger partial charge >= 0.3 is 0 Å². The Morgan fingerprint density at radius 1 is 1.04 bits per heavy atom. The third-order valence-corrected chi connectivity index (χ3v) is 3.93. The molecule has 2 amide bonds. The number of benzene rings is 2. The second-order valence-electron chi connectivity index (χ2n) is 5.91. The maximum absolute atomic E-state index is 12.2. The normalized spacial score (nSPS) is 10.5. The molecule has 0 fully saturated rings. The maximum Gasteiger partial charge on any atom is 0.244 e. The number of hydrogen-bond acceptors (Lipinski definition) is 2. The maximum atomic E-state index is 12.2. The predicted molar refractivity (Wildman–Crippen MR) is 98.6 cm³/mol. The van der Waals surface area contributed by atoms with Gasteiger partial charge in [-0.15, -0.1) is 0 Å². The first-order chi connectivity index (χ1) is 11.4. The summed E-state index contributed by atoms with van der Waals surface area (Å²) in [7, 11) is 0. The van der Waals surface area contributed by atoms with E-state index in [2.05, 4.69) is 19.2 Å². The number of halogens is 1. The molecule has 0 atom stereocenters. The van der Waals surface area contributed by atoms with E-state index in [4.69, 9.17) is 11.6 Å². The first kappa shape index (κ1) is 18.0. The Balaban J connectivity index is 2.08. The van der Waals surface area contributed by atoms with Gasteiger partial charge in [0.15, 0.2) is 0 Å². The molecule has 0 spiro atoms. The van der Waals surface area contributed by atoms with Crippen molar-refractivity contribution in [2.75, 3.05) is 16.8 Å². The molecule has 0 radical (unpaired) electrons. The molecule has 2 rings (SSSR count). The Bertz CT molecular complexity index is 709. The molecule has 0 heterocycles. The average Bonchev–Trinajstić information content (AvgIpc) is 2.54. The number of anilines is 2. The Hall–Kier alpha value is -2.33. The molecule has 2 aromatic rings. The number of carbonyl (C=O) groups excluding carboxylic acids is 2. The van der Waals surface area contributed by atoms with E-state index in [1.807, 2.05) is 24.3 Å². The average molecular weight is 345 g/mol. The zero-order valence-corrected chi connectivity index (χ0v) is 14.8. The molecule has 0 aromatic heterocycles. The van der Waals surface area contributed by atoms with Gasteiger partial charge in [0.25, 0.3) is 0 Å². The largest absolute Gasteiger partial charge is 0.325 e. The molecule has 0 saturated heterocycles. The fourth-order valence-corrected chi connectivity index (χ4v) is 2.43. The summed E-state index contributed by atoms with van der Waals surface area (Å²) in [5, 5.41) is 3.36. The zero-order valence-electron chi connectivity index (χ0n) is 14.0. The van der Waals surface area contributed by atoms with Gasteiger partial charge in [-0.3, -0.25) is 9.59 Å². The first-order valence-corrected chi connectivity index (χ1v) is 8.18. The fourth-order valence-electron chi connectivity index (χ4n) is 2.30. The molecule has 2 aromatic carbocycles. The molecular weight excluding hydrogens is 324 g/mol. The molecule has 0 bridgehead atoms. The standard InChI is InChI=1S/C19H21ClN2O2/c1-13(2)15-4-10-18(11-5-15)22(14(3)23)12-19(24)21-17-8-6-16(20)7-9-17/h4-11,13H,12H2,1-3H3,(H,21,24). The highest BCUT2D eigenvalue weighted by Gasteiger charge is 2.16. The molecule has 4 nitrogen and oxygen atoms in total. The molecule has 0 aliphatic rings. The lowest BCUT2D eigenvalue weighted by atomic mass is 10.0. The van der Waals surface area contributed by atoms with Crippen LogP contribution < -0.4 is 10.2 Å². The van der Waals surface area contributed by atoms with E-state index < -0.39 is 0 Å². The van der Waals surface area contributed by atoms with Crippen LogP contribution in [0.1, 0.15) is 32.3 Å². The number of amides is 2. The van der Waals surface area contributed by atoms with Crippen LogP contribution in [0.15, 0.2) is 48.5 Å². The number of carbonyl (C=O) groups is 2. The highest BCUT2D eigenvalue weighted by Crippen LogP contribution is 2.20. The Kier molecular flexibility index (Phi) is 5.99. The molecule has 24 heavy (non-hydrogen) atoms. The summed E-state index contributed by atoms with van der Waals surface area (Å²) in [5.74, 6) is -0.0305. The Labute approximate surface area is 147 Å². The Morgan fingerprint density at radius 2 is 1.62 bits per heavy atom. The van der Waals surface area contributed by atoms with E-state index in [1.165, 1.54) is 17.4 Å². The van der Waals surface area contributed by atoms with Crippen molar-refractivity contribution in [1.29, 1.82) is 0 Å².